The summed E-state index contributed by atoms with van der Waals surface area (Å²) < 4.78 is 27.8. The smallest absolute Gasteiger partial charge is 0.252 e. The summed E-state index contributed by atoms with van der Waals surface area (Å²) in [6.07, 6.45) is 0. The Bertz CT molecular complexity index is 608. The number of nitriles is 1. The highest BCUT2D eigenvalue weighted by Gasteiger charge is 2.31. The highest BCUT2D eigenvalue weighted by Crippen LogP contribution is 2.32. The molecule has 0 aromatic carbocycles. The first-order valence-corrected chi connectivity index (χ1v) is 9.31. The number of halogens is 1. The van der Waals surface area contributed by atoms with Crippen LogP contribution in [-0.2, 0) is 10.0 Å². The largest absolute Gasteiger partial charge is 0.286 e. The summed E-state index contributed by atoms with van der Waals surface area (Å²) in [6.45, 7) is 5.78. The average molecular weight is 378 g/mol. The third-order valence-electron chi connectivity index (χ3n) is 3.44. The van der Waals surface area contributed by atoms with Crippen LogP contribution in [0.5, 0.6) is 0 Å². The Kier molecular flexibility index (Phi) is 4.87. The van der Waals surface area contributed by atoms with Crippen molar-refractivity contribution in [1.82, 2.24) is 9.21 Å². The maximum Gasteiger partial charge on any atom is 0.252 e. The van der Waals surface area contributed by atoms with Gasteiger partial charge in [0.2, 0.25) is 0 Å². The van der Waals surface area contributed by atoms with Crippen LogP contribution in [0.15, 0.2) is 14.1 Å². The molecule has 1 fully saturated rings. The normalized spacial score (nSPS) is 19.7. The molecule has 0 radical (unpaired) electrons. The third kappa shape index (κ3) is 3.07. The van der Waals surface area contributed by atoms with E-state index in [1.165, 1.54) is 15.6 Å². The lowest BCUT2D eigenvalue weighted by molar-refractivity contribution is 0.170. The molecule has 20 heavy (non-hydrogen) atoms. The van der Waals surface area contributed by atoms with Gasteiger partial charge in [-0.05, 0) is 41.4 Å². The summed E-state index contributed by atoms with van der Waals surface area (Å²) in [5.74, 6) is 0. The van der Waals surface area contributed by atoms with Crippen LogP contribution in [0.4, 0.5) is 0 Å². The van der Waals surface area contributed by atoms with E-state index in [1.54, 1.807) is 6.07 Å². The molecule has 5 nitrogen and oxygen atoms in total. The molecule has 0 bridgehead atoms. The summed E-state index contributed by atoms with van der Waals surface area (Å²) in [5, 5.41) is 8.90. The van der Waals surface area contributed by atoms with Crippen LogP contribution in [0.1, 0.15) is 12.5 Å². The number of nitrogens with zero attached hydrogens (tertiary/aromatic N) is 3. The Morgan fingerprint density at radius 3 is 2.45 bits per heavy atom. The van der Waals surface area contributed by atoms with E-state index in [1.807, 2.05) is 18.7 Å². The summed E-state index contributed by atoms with van der Waals surface area (Å²) in [6, 6.07) is 3.72. The van der Waals surface area contributed by atoms with E-state index in [9.17, 15) is 8.42 Å². The minimum absolute atomic E-state index is 0.169. The van der Waals surface area contributed by atoms with Crippen molar-refractivity contribution >= 4 is 37.3 Å². The van der Waals surface area contributed by atoms with Crippen LogP contribution in [0.25, 0.3) is 0 Å². The highest BCUT2D eigenvalue weighted by atomic mass is 79.9. The second-order valence-corrected chi connectivity index (χ2v) is 9.30. The number of aryl methyl sites for hydroxylation is 1. The minimum atomic E-state index is -3.41. The number of sulfonamides is 1. The van der Waals surface area contributed by atoms with Gasteiger partial charge >= 0.3 is 0 Å². The minimum Gasteiger partial charge on any atom is -0.286 e. The van der Waals surface area contributed by atoms with Gasteiger partial charge in [0.05, 0.1) is 15.9 Å². The predicted molar refractivity (Wildman–Crippen MR) is 82.2 cm³/mol. The lowest BCUT2D eigenvalue weighted by Crippen LogP contribution is -2.50. The van der Waals surface area contributed by atoms with Crippen molar-refractivity contribution < 1.29 is 8.42 Å². The van der Waals surface area contributed by atoms with Crippen molar-refractivity contribution in [1.29, 1.82) is 5.26 Å². The monoisotopic (exact) mass is 377 g/mol. The van der Waals surface area contributed by atoms with Gasteiger partial charge in [0, 0.05) is 26.2 Å². The zero-order valence-electron chi connectivity index (χ0n) is 11.3. The predicted octanol–water partition coefficient (Wildman–Crippen LogP) is 2.04. The van der Waals surface area contributed by atoms with Crippen LogP contribution >= 0.6 is 27.3 Å². The molecule has 2 rings (SSSR count). The van der Waals surface area contributed by atoms with Gasteiger partial charge in [-0.3, -0.25) is 4.90 Å². The van der Waals surface area contributed by atoms with E-state index < -0.39 is 10.0 Å². The fourth-order valence-electron chi connectivity index (χ4n) is 2.10. The van der Waals surface area contributed by atoms with E-state index in [-0.39, 0.29) is 6.04 Å². The van der Waals surface area contributed by atoms with E-state index in [2.05, 4.69) is 22.0 Å². The van der Waals surface area contributed by atoms with Gasteiger partial charge in [0.15, 0.2) is 0 Å². The third-order valence-corrected chi connectivity index (χ3v) is 7.92. The second-order valence-electron chi connectivity index (χ2n) is 4.77. The first kappa shape index (κ1) is 15.9. The molecule has 0 saturated carbocycles. The number of hydrogen-bond donors (Lipinski definition) is 0. The standard InChI is InChI=1S/C12H16BrN3O2S2/c1-9-7-11(19-12(9)13)20(17,18)16-5-3-15(4-6-16)10(2)8-14/h7,10H,3-6H2,1-2H3. The first-order valence-electron chi connectivity index (χ1n) is 6.26. The molecule has 2 heterocycles. The van der Waals surface area contributed by atoms with Gasteiger partial charge in [-0.2, -0.15) is 9.57 Å². The Balaban J connectivity index is 2.12. The van der Waals surface area contributed by atoms with E-state index in [0.717, 1.165) is 9.35 Å². The van der Waals surface area contributed by atoms with Crippen molar-refractivity contribution in [2.75, 3.05) is 26.2 Å². The molecule has 1 aliphatic rings. The number of rotatable bonds is 3. The number of piperazine rings is 1. The molecule has 0 aliphatic carbocycles. The zero-order chi connectivity index (χ0) is 14.9. The molecular formula is C12H16BrN3O2S2. The van der Waals surface area contributed by atoms with Gasteiger partial charge in [0.25, 0.3) is 10.0 Å². The van der Waals surface area contributed by atoms with Crippen molar-refractivity contribution in [3.05, 3.63) is 15.4 Å². The molecule has 1 aliphatic heterocycles. The summed E-state index contributed by atoms with van der Waals surface area (Å²) in [4.78, 5) is 2.00. The molecule has 0 N–H and O–H groups in total. The molecule has 110 valence electrons. The van der Waals surface area contributed by atoms with Crippen molar-refractivity contribution in [3.8, 4) is 6.07 Å². The Hall–Kier alpha value is -0.460. The quantitative estimate of drug-likeness (QED) is 0.808. The van der Waals surface area contributed by atoms with Gasteiger partial charge in [0.1, 0.15) is 4.21 Å². The topological polar surface area (TPSA) is 64.4 Å². The number of thiophene rings is 1. The highest BCUT2D eigenvalue weighted by molar-refractivity contribution is 9.11. The van der Waals surface area contributed by atoms with Crippen LogP contribution in [0.2, 0.25) is 0 Å². The van der Waals surface area contributed by atoms with E-state index in [0.29, 0.717) is 30.4 Å². The van der Waals surface area contributed by atoms with Gasteiger partial charge < -0.3 is 0 Å². The van der Waals surface area contributed by atoms with Crippen LogP contribution in [0, 0.1) is 18.3 Å². The first-order chi connectivity index (χ1) is 9.36. The zero-order valence-corrected chi connectivity index (χ0v) is 14.6. The van der Waals surface area contributed by atoms with Gasteiger partial charge in [-0.1, -0.05) is 0 Å². The summed E-state index contributed by atoms with van der Waals surface area (Å²) in [5.41, 5.74) is 0.935. The van der Waals surface area contributed by atoms with Crippen LogP contribution < -0.4 is 0 Å². The molecule has 1 aromatic rings. The molecule has 1 aromatic heterocycles. The molecule has 8 heteroatoms. The summed E-state index contributed by atoms with van der Waals surface area (Å²) >= 11 is 4.61. The molecule has 1 saturated heterocycles. The average Bonchev–Trinajstić information content (AvgIpc) is 2.78. The maximum absolute atomic E-state index is 12.5. The molecule has 1 unspecified atom stereocenters. The van der Waals surface area contributed by atoms with Crippen LogP contribution in [-0.4, -0.2) is 49.8 Å². The van der Waals surface area contributed by atoms with Gasteiger partial charge in [-0.15, -0.1) is 11.3 Å². The molecular weight excluding hydrogens is 362 g/mol. The fourth-order valence-corrected chi connectivity index (χ4v) is 5.90. The maximum atomic E-state index is 12.5. The van der Waals surface area contributed by atoms with Crippen molar-refractivity contribution in [3.63, 3.8) is 0 Å². The molecule has 1 atom stereocenters. The van der Waals surface area contributed by atoms with E-state index >= 15 is 0 Å². The molecule has 0 amide bonds. The lowest BCUT2D eigenvalue weighted by atomic mass is 10.2. The fraction of sp³-hybridized carbons (Fsp3) is 0.583. The van der Waals surface area contributed by atoms with Gasteiger partial charge in [-0.25, -0.2) is 8.42 Å². The Morgan fingerprint density at radius 2 is 2.00 bits per heavy atom. The van der Waals surface area contributed by atoms with Crippen molar-refractivity contribution in [2.24, 2.45) is 0 Å². The van der Waals surface area contributed by atoms with E-state index in [4.69, 9.17) is 5.26 Å². The van der Waals surface area contributed by atoms with Crippen LogP contribution in [0.3, 0.4) is 0 Å². The number of hydrogen-bond acceptors (Lipinski definition) is 5. The Morgan fingerprint density at radius 1 is 1.40 bits per heavy atom. The molecule has 0 spiro atoms. The summed E-state index contributed by atoms with van der Waals surface area (Å²) in [7, 11) is -3.41. The lowest BCUT2D eigenvalue weighted by Gasteiger charge is -2.34. The van der Waals surface area contributed by atoms with Crippen molar-refractivity contribution in [2.45, 2.75) is 24.1 Å². The SMILES string of the molecule is Cc1cc(S(=O)(=O)N2CCN(C(C)C#N)CC2)sc1Br. The second kappa shape index (κ2) is 6.12. The Labute approximate surface area is 132 Å².